The van der Waals surface area contributed by atoms with Crippen molar-refractivity contribution >= 4 is 21.6 Å². The van der Waals surface area contributed by atoms with Crippen LogP contribution in [0.3, 0.4) is 0 Å². The Bertz CT molecular complexity index is 1500. The molecule has 1 atom stereocenters. The Kier molecular flexibility index (Phi) is 6.42. The Morgan fingerprint density at radius 1 is 1.00 bits per heavy atom. The number of aromatic nitrogens is 2. The Balaban J connectivity index is 1.40. The molecule has 1 aliphatic rings. The van der Waals surface area contributed by atoms with Gasteiger partial charge in [0.1, 0.15) is 5.82 Å². The Hall–Kier alpha value is -3.82. The number of amides is 1. The molecule has 0 aliphatic carbocycles. The third kappa shape index (κ3) is 4.93. The van der Waals surface area contributed by atoms with Gasteiger partial charge in [-0.05, 0) is 60.9 Å². The summed E-state index contributed by atoms with van der Waals surface area (Å²) in [6, 6.07) is 20.2. The molecule has 1 aliphatic heterocycles. The number of benzene rings is 3. The van der Waals surface area contributed by atoms with E-state index in [0.717, 1.165) is 16.7 Å². The number of carbonyl (C=O) groups excluding carboxylic acids is 1. The van der Waals surface area contributed by atoms with Gasteiger partial charge in [-0.3, -0.25) is 4.79 Å². The summed E-state index contributed by atoms with van der Waals surface area (Å²) >= 11 is 0. The number of nitrogens with one attached hydrogen (secondary N) is 1. The van der Waals surface area contributed by atoms with Crippen molar-refractivity contribution in [3.63, 3.8) is 0 Å². The molecule has 1 amide bonds. The second kappa shape index (κ2) is 9.67. The van der Waals surface area contributed by atoms with Crippen molar-refractivity contribution in [1.29, 1.82) is 0 Å². The molecular weight excluding hydrogens is 479 g/mol. The first kappa shape index (κ1) is 23.9. The Labute approximate surface area is 209 Å². The van der Waals surface area contributed by atoms with Gasteiger partial charge in [0.15, 0.2) is 0 Å². The van der Waals surface area contributed by atoms with Crippen LogP contribution in [0, 0.1) is 18.7 Å². The number of sulfonamides is 1. The van der Waals surface area contributed by atoms with E-state index < -0.39 is 15.9 Å². The predicted octanol–water partition coefficient (Wildman–Crippen LogP) is 4.32. The minimum absolute atomic E-state index is 0.0445. The van der Waals surface area contributed by atoms with Crippen LogP contribution in [0.5, 0.6) is 0 Å². The fraction of sp³-hybridized carbons (Fsp3) is 0.185. The third-order valence-electron chi connectivity index (χ3n) is 6.33. The number of aryl methyl sites for hydroxylation is 1. The number of anilines is 1. The van der Waals surface area contributed by atoms with E-state index in [4.69, 9.17) is 0 Å². The SMILES string of the molecule is Cc1ccc(S(=O)(=O)N2Cc3ccccc3CC(C(=O)Nc3cnn(-c4ccc(F)cc4)c3)C2)cc1. The highest BCUT2D eigenvalue weighted by Crippen LogP contribution is 2.28. The molecule has 5 rings (SSSR count). The number of halogens is 1. The molecule has 0 spiro atoms. The average molecular weight is 505 g/mol. The van der Waals surface area contributed by atoms with Crippen molar-refractivity contribution in [2.75, 3.05) is 11.9 Å². The summed E-state index contributed by atoms with van der Waals surface area (Å²) in [4.78, 5) is 13.6. The van der Waals surface area contributed by atoms with Crippen LogP contribution in [0.4, 0.5) is 10.1 Å². The summed E-state index contributed by atoms with van der Waals surface area (Å²) in [7, 11) is -3.81. The van der Waals surface area contributed by atoms with Gasteiger partial charge >= 0.3 is 0 Å². The van der Waals surface area contributed by atoms with Gasteiger partial charge in [-0.1, -0.05) is 42.0 Å². The van der Waals surface area contributed by atoms with Crippen LogP contribution in [0.1, 0.15) is 16.7 Å². The number of carbonyl (C=O) groups is 1. The fourth-order valence-electron chi connectivity index (χ4n) is 4.33. The summed E-state index contributed by atoms with van der Waals surface area (Å²) in [5.41, 5.74) is 3.91. The van der Waals surface area contributed by atoms with E-state index in [1.807, 2.05) is 31.2 Å². The van der Waals surface area contributed by atoms with E-state index in [1.165, 1.54) is 27.3 Å². The normalized spacial score (nSPS) is 16.2. The molecule has 36 heavy (non-hydrogen) atoms. The zero-order chi connectivity index (χ0) is 25.3. The smallest absolute Gasteiger partial charge is 0.243 e. The molecule has 1 unspecified atom stereocenters. The quantitative estimate of drug-likeness (QED) is 0.439. The van der Waals surface area contributed by atoms with Gasteiger partial charge in [0, 0.05) is 13.1 Å². The predicted molar refractivity (Wildman–Crippen MR) is 135 cm³/mol. The van der Waals surface area contributed by atoms with Crippen molar-refractivity contribution in [3.05, 3.63) is 108 Å². The first-order valence-corrected chi connectivity index (χ1v) is 13.0. The highest BCUT2D eigenvalue weighted by Gasteiger charge is 2.34. The molecule has 7 nitrogen and oxygen atoms in total. The maximum Gasteiger partial charge on any atom is 0.243 e. The largest absolute Gasteiger partial charge is 0.323 e. The standard InChI is InChI=1S/C27H25FN4O3S/c1-19-6-12-26(13-7-19)36(34,35)31-16-21-5-3-2-4-20(21)14-22(17-31)27(33)30-24-15-29-32(18-24)25-10-8-23(28)9-11-25/h2-13,15,18,22H,14,16-17H2,1H3,(H,30,33). The van der Waals surface area contributed by atoms with Crippen LogP contribution in [-0.4, -0.2) is 35.0 Å². The number of hydrogen-bond donors (Lipinski definition) is 1. The van der Waals surface area contributed by atoms with E-state index in [2.05, 4.69) is 10.4 Å². The second-order valence-electron chi connectivity index (χ2n) is 8.92. The van der Waals surface area contributed by atoms with Crippen molar-refractivity contribution in [3.8, 4) is 5.69 Å². The van der Waals surface area contributed by atoms with Gasteiger partial charge in [-0.15, -0.1) is 0 Å². The lowest BCUT2D eigenvalue weighted by Crippen LogP contribution is -2.38. The van der Waals surface area contributed by atoms with Gasteiger partial charge in [0.25, 0.3) is 0 Å². The van der Waals surface area contributed by atoms with Crippen molar-refractivity contribution < 1.29 is 17.6 Å². The number of nitrogens with zero attached hydrogens (tertiary/aromatic N) is 3. The van der Waals surface area contributed by atoms with E-state index >= 15 is 0 Å². The topological polar surface area (TPSA) is 84.3 Å². The van der Waals surface area contributed by atoms with E-state index in [1.54, 1.807) is 42.6 Å². The number of fused-ring (bicyclic) bond motifs is 1. The van der Waals surface area contributed by atoms with E-state index in [9.17, 15) is 17.6 Å². The maximum absolute atomic E-state index is 13.5. The molecular formula is C27H25FN4O3S. The summed E-state index contributed by atoms with van der Waals surface area (Å²) in [5, 5.41) is 7.12. The van der Waals surface area contributed by atoms with Gasteiger partial charge in [0.2, 0.25) is 15.9 Å². The van der Waals surface area contributed by atoms with Crippen molar-refractivity contribution in [2.24, 2.45) is 5.92 Å². The second-order valence-corrected chi connectivity index (χ2v) is 10.9. The van der Waals surface area contributed by atoms with Crippen LogP contribution in [0.15, 0.2) is 90.1 Å². The molecule has 9 heteroatoms. The van der Waals surface area contributed by atoms with Gasteiger partial charge in [-0.25, -0.2) is 17.5 Å². The molecule has 2 heterocycles. The average Bonchev–Trinajstić information content (AvgIpc) is 3.23. The summed E-state index contributed by atoms with van der Waals surface area (Å²) < 4.78 is 43.2. The van der Waals surface area contributed by atoms with E-state index in [-0.39, 0.29) is 29.7 Å². The highest BCUT2D eigenvalue weighted by molar-refractivity contribution is 7.89. The third-order valence-corrected chi connectivity index (χ3v) is 8.15. The lowest BCUT2D eigenvalue weighted by Gasteiger charge is -2.23. The zero-order valence-electron chi connectivity index (χ0n) is 19.6. The minimum atomic E-state index is -3.81. The van der Waals surface area contributed by atoms with Gasteiger partial charge < -0.3 is 5.32 Å². The molecule has 184 valence electrons. The Morgan fingerprint density at radius 2 is 1.69 bits per heavy atom. The van der Waals surface area contributed by atoms with E-state index in [0.29, 0.717) is 17.8 Å². The molecule has 0 bridgehead atoms. The fourth-order valence-corrected chi connectivity index (χ4v) is 5.79. The maximum atomic E-state index is 13.5. The first-order valence-electron chi connectivity index (χ1n) is 11.5. The number of rotatable bonds is 5. The molecule has 0 saturated carbocycles. The van der Waals surface area contributed by atoms with Crippen LogP contribution in [-0.2, 0) is 27.8 Å². The summed E-state index contributed by atoms with van der Waals surface area (Å²) in [6.07, 6.45) is 3.55. The molecule has 1 N–H and O–H groups in total. The van der Waals surface area contributed by atoms with Crippen molar-refractivity contribution in [2.45, 2.75) is 24.8 Å². The van der Waals surface area contributed by atoms with Gasteiger partial charge in [-0.2, -0.15) is 9.40 Å². The monoisotopic (exact) mass is 504 g/mol. The van der Waals surface area contributed by atoms with Crippen molar-refractivity contribution in [1.82, 2.24) is 14.1 Å². The molecule has 0 radical (unpaired) electrons. The molecule has 3 aromatic carbocycles. The molecule has 1 aromatic heterocycles. The molecule has 4 aromatic rings. The van der Waals surface area contributed by atoms with Crippen LogP contribution < -0.4 is 5.32 Å². The first-order chi connectivity index (χ1) is 17.3. The molecule has 0 saturated heterocycles. The Morgan fingerprint density at radius 3 is 2.42 bits per heavy atom. The lowest BCUT2D eigenvalue weighted by atomic mass is 9.97. The van der Waals surface area contributed by atoms with Crippen LogP contribution in [0.25, 0.3) is 5.69 Å². The minimum Gasteiger partial charge on any atom is -0.323 e. The summed E-state index contributed by atoms with van der Waals surface area (Å²) in [5.74, 6) is -1.25. The number of hydrogen-bond acceptors (Lipinski definition) is 4. The van der Waals surface area contributed by atoms with Crippen LogP contribution in [0.2, 0.25) is 0 Å². The summed E-state index contributed by atoms with van der Waals surface area (Å²) in [6.45, 7) is 2.14. The zero-order valence-corrected chi connectivity index (χ0v) is 20.5. The van der Waals surface area contributed by atoms with Crippen LogP contribution >= 0.6 is 0 Å². The lowest BCUT2D eigenvalue weighted by molar-refractivity contribution is -0.120. The van der Waals surface area contributed by atoms with Gasteiger partial charge in [0.05, 0.1) is 34.6 Å². The highest BCUT2D eigenvalue weighted by atomic mass is 32.2. The molecule has 0 fully saturated rings.